The van der Waals surface area contributed by atoms with Gasteiger partial charge in [0.05, 0.1) is 6.54 Å². The molecular formula is C5H7F3N2O. The number of hydrogen-bond acceptors (Lipinski definition) is 2. The van der Waals surface area contributed by atoms with Gasteiger partial charge in [-0.1, -0.05) is 0 Å². The van der Waals surface area contributed by atoms with Gasteiger partial charge in [-0.15, -0.1) is 0 Å². The molecule has 1 rings (SSSR count). The molecule has 1 aliphatic rings. The molecule has 1 heterocycles. The molecule has 64 valence electrons. The third-order valence-electron chi connectivity index (χ3n) is 1.41. The Balaban J connectivity index is 2.45. The largest absolute Gasteiger partial charge is 0.405 e. The summed E-state index contributed by atoms with van der Waals surface area (Å²) in [5, 5.41) is 4.19. The van der Waals surface area contributed by atoms with Crippen molar-refractivity contribution in [3.63, 3.8) is 0 Å². The molecule has 0 bridgehead atoms. The third-order valence-corrected chi connectivity index (χ3v) is 1.41. The Hall–Kier alpha value is -0.780. The zero-order valence-electron chi connectivity index (χ0n) is 5.53. The second-order valence-electron chi connectivity index (χ2n) is 2.28. The topological polar surface area (TPSA) is 41.1 Å². The maximum absolute atomic E-state index is 11.9. The van der Waals surface area contributed by atoms with Crippen molar-refractivity contribution in [2.75, 3.05) is 13.1 Å². The Kier molecular flexibility index (Phi) is 2.03. The fourth-order valence-electron chi connectivity index (χ4n) is 0.798. The SMILES string of the molecule is O=C1CN[C@H](C(F)(F)F)CN1. The van der Waals surface area contributed by atoms with E-state index in [1.165, 1.54) is 0 Å². The van der Waals surface area contributed by atoms with Crippen LogP contribution in [-0.2, 0) is 4.79 Å². The van der Waals surface area contributed by atoms with Crippen LogP contribution in [0.25, 0.3) is 0 Å². The van der Waals surface area contributed by atoms with Crippen LogP contribution >= 0.6 is 0 Å². The highest BCUT2D eigenvalue weighted by Gasteiger charge is 2.41. The lowest BCUT2D eigenvalue weighted by atomic mass is 10.2. The van der Waals surface area contributed by atoms with Gasteiger partial charge in [-0.2, -0.15) is 13.2 Å². The number of halogens is 3. The van der Waals surface area contributed by atoms with E-state index < -0.39 is 18.1 Å². The van der Waals surface area contributed by atoms with Crippen molar-refractivity contribution >= 4 is 5.91 Å². The van der Waals surface area contributed by atoms with E-state index in [0.29, 0.717) is 0 Å². The molecule has 0 aromatic carbocycles. The average Bonchev–Trinajstić information content (AvgIpc) is 1.86. The van der Waals surface area contributed by atoms with Gasteiger partial charge in [0, 0.05) is 6.54 Å². The molecule has 0 saturated carbocycles. The number of amides is 1. The molecule has 1 aliphatic heterocycles. The highest BCUT2D eigenvalue weighted by molar-refractivity contribution is 5.78. The van der Waals surface area contributed by atoms with Gasteiger partial charge in [0.25, 0.3) is 0 Å². The number of alkyl halides is 3. The maximum Gasteiger partial charge on any atom is 0.405 e. The normalized spacial score (nSPS) is 26.5. The van der Waals surface area contributed by atoms with Gasteiger partial charge in [-0.25, -0.2) is 0 Å². The minimum Gasteiger partial charge on any atom is -0.353 e. The summed E-state index contributed by atoms with van der Waals surface area (Å²) in [7, 11) is 0. The molecule has 0 aromatic rings. The molecule has 1 fully saturated rings. The van der Waals surface area contributed by atoms with Crippen molar-refractivity contribution in [3.8, 4) is 0 Å². The minimum atomic E-state index is -4.27. The molecule has 0 aromatic heterocycles. The third kappa shape index (κ3) is 2.07. The molecule has 1 atom stereocenters. The van der Waals surface area contributed by atoms with Crippen molar-refractivity contribution in [2.45, 2.75) is 12.2 Å². The summed E-state index contributed by atoms with van der Waals surface area (Å²) in [5.74, 6) is -0.398. The molecule has 0 unspecified atom stereocenters. The lowest BCUT2D eigenvalue weighted by Gasteiger charge is -2.25. The van der Waals surface area contributed by atoms with Gasteiger partial charge in [0.15, 0.2) is 0 Å². The summed E-state index contributed by atoms with van der Waals surface area (Å²) in [5.41, 5.74) is 0. The lowest BCUT2D eigenvalue weighted by molar-refractivity contribution is -0.160. The molecule has 0 radical (unpaired) electrons. The van der Waals surface area contributed by atoms with E-state index in [0.717, 1.165) is 0 Å². The molecule has 0 spiro atoms. The van der Waals surface area contributed by atoms with Crippen LogP contribution in [0.4, 0.5) is 13.2 Å². The van der Waals surface area contributed by atoms with Crippen LogP contribution in [0.2, 0.25) is 0 Å². The maximum atomic E-state index is 11.9. The quantitative estimate of drug-likeness (QED) is 0.518. The van der Waals surface area contributed by atoms with Gasteiger partial charge >= 0.3 is 6.18 Å². The van der Waals surface area contributed by atoms with E-state index in [9.17, 15) is 18.0 Å². The van der Waals surface area contributed by atoms with E-state index in [4.69, 9.17) is 0 Å². The monoisotopic (exact) mass is 168 g/mol. The van der Waals surface area contributed by atoms with E-state index in [1.807, 2.05) is 0 Å². The average molecular weight is 168 g/mol. The van der Waals surface area contributed by atoms with Crippen molar-refractivity contribution in [1.82, 2.24) is 10.6 Å². The molecule has 6 heteroatoms. The zero-order valence-corrected chi connectivity index (χ0v) is 5.53. The predicted octanol–water partition coefficient (Wildman–Crippen LogP) is -0.363. The molecule has 11 heavy (non-hydrogen) atoms. The lowest BCUT2D eigenvalue weighted by Crippen LogP contribution is -2.57. The van der Waals surface area contributed by atoms with Crippen LogP contribution in [0.5, 0.6) is 0 Å². The summed E-state index contributed by atoms with van der Waals surface area (Å²) in [4.78, 5) is 10.4. The molecule has 1 saturated heterocycles. The van der Waals surface area contributed by atoms with Gasteiger partial charge in [-0.05, 0) is 0 Å². The summed E-state index contributed by atoms with van der Waals surface area (Å²) in [6, 6.07) is -1.60. The fourth-order valence-corrected chi connectivity index (χ4v) is 0.798. The number of nitrogens with one attached hydrogen (secondary N) is 2. The Labute approximate surface area is 61.0 Å². The molecule has 3 nitrogen and oxygen atoms in total. The Morgan fingerprint density at radius 3 is 2.45 bits per heavy atom. The first-order valence-corrected chi connectivity index (χ1v) is 3.07. The van der Waals surface area contributed by atoms with Crippen LogP contribution in [0.3, 0.4) is 0 Å². The van der Waals surface area contributed by atoms with Crippen LogP contribution in [0, 0.1) is 0 Å². The van der Waals surface area contributed by atoms with E-state index in [2.05, 4.69) is 10.6 Å². The van der Waals surface area contributed by atoms with Gasteiger partial charge in [0.1, 0.15) is 6.04 Å². The number of carbonyl (C=O) groups excluding carboxylic acids is 1. The number of carbonyl (C=O) groups is 1. The summed E-state index contributed by atoms with van der Waals surface area (Å²) in [6.45, 7) is -0.632. The van der Waals surface area contributed by atoms with Crippen LogP contribution in [0.1, 0.15) is 0 Å². The number of hydrogen-bond donors (Lipinski definition) is 2. The number of rotatable bonds is 0. The van der Waals surface area contributed by atoms with Gasteiger partial charge in [-0.3, -0.25) is 10.1 Å². The van der Waals surface area contributed by atoms with Crippen molar-refractivity contribution in [2.24, 2.45) is 0 Å². The van der Waals surface area contributed by atoms with Crippen LogP contribution in [0.15, 0.2) is 0 Å². The molecule has 2 N–H and O–H groups in total. The molecule has 1 amide bonds. The summed E-state index contributed by atoms with van der Waals surface area (Å²) >= 11 is 0. The predicted molar refractivity (Wildman–Crippen MR) is 30.9 cm³/mol. The second kappa shape index (κ2) is 2.69. The van der Waals surface area contributed by atoms with E-state index >= 15 is 0 Å². The Morgan fingerprint density at radius 1 is 1.45 bits per heavy atom. The van der Waals surface area contributed by atoms with Crippen molar-refractivity contribution in [1.29, 1.82) is 0 Å². The van der Waals surface area contributed by atoms with Crippen LogP contribution < -0.4 is 10.6 Å². The second-order valence-corrected chi connectivity index (χ2v) is 2.28. The number of piperazine rings is 1. The first kappa shape index (κ1) is 8.32. The smallest absolute Gasteiger partial charge is 0.353 e. The summed E-state index contributed by atoms with van der Waals surface area (Å²) < 4.78 is 35.6. The van der Waals surface area contributed by atoms with E-state index in [1.54, 1.807) is 0 Å². The van der Waals surface area contributed by atoms with Gasteiger partial charge < -0.3 is 5.32 Å². The highest BCUT2D eigenvalue weighted by atomic mass is 19.4. The molecular weight excluding hydrogens is 161 g/mol. The zero-order chi connectivity index (χ0) is 8.48. The minimum absolute atomic E-state index is 0.260. The van der Waals surface area contributed by atoms with Crippen molar-refractivity contribution in [3.05, 3.63) is 0 Å². The fraction of sp³-hybridized carbons (Fsp3) is 0.800. The van der Waals surface area contributed by atoms with Crippen LogP contribution in [-0.4, -0.2) is 31.2 Å². The summed E-state index contributed by atoms with van der Waals surface area (Å²) in [6.07, 6.45) is -4.27. The standard InChI is InChI=1S/C5H7F3N2O/c6-5(7,8)3-1-10-4(11)2-9-3/h3,9H,1-2H2,(H,10,11)/t3-/m0/s1. The van der Waals surface area contributed by atoms with Crippen molar-refractivity contribution < 1.29 is 18.0 Å². The first-order chi connectivity index (χ1) is 5.00. The van der Waals surface area contributed by atoms with E-state index in [-0.39, 0.29) is 13.1 Å². The van der Waals surface area contributed by atoms with Gasteiger partial charge in [0.2, 0.25) is 5.91 Å². The Bertz CT molecular complexity index is 158. The Morgan fingerprint density at radius 2 is 2.09 bits per heavy atom. The highest BCUT2D eigenvalue weighted by Crippen LogP contribution is 2.20. The molecule has 0 aliphatic carbocycles. The first-order valence-electron chi connectivity index (χ1n) is 3.07.